The number of nitrogens with zero attached hydrogens (tertiary/aromatic N) is 2. The second-order valence-corrected chi connectivity index (χ2v) is 4.25. The van der Waals surface area contributed by atoms with Gasteiger partial charge in [0.1, 0.15) is 0 Å². The Morgan fingerprint density at radius 3 is 2.61 bits per heavy atom. The molecular weight excluding hydrogens is 230 g/mol. The van der Waals surface area contributed by atoms with Crippen LogP contribution in [0, 0.1) is 5.92 Å². The summed E-state index contributed by atoms with van der Waals surface area (Å²) in [5.41, 5.74) is 2.49. The van der Waals surface area contributed by atoms with Crippen LogP contribution in [0.2, 0.25) is 0 Å². The molecule has 2 rings (SSSR count). The Balaban J connectivity index is 2.21. The number of carbonyl (C=O) groups excluding carboxylic acids is 1. The van der Waals surface area contributed by atoms with Gasteiger partial charge in [0.25, 0.3) is 5.91 Å². The SMILES string of the molecule is CNc1ccc(N2N=C(C)C(CCO)C2=O)cc1. The van der Waals surface area contributed by atoms with E-state index in [4.69, 9.17) is 5.11 Å². The Bertz CT molecular complexity index is 468. The van der Waals surface area contributed by atoms with E-state index in [9.17, 15) is 4.79 Å². The quantitative estimate of drug-likeness (QED) is 0.846. The zero-order valence-corrected chi connectivity index (χ0v) is 10.6. The Kier molecular flexibility index (Phi) is 3.62. The molecule has 1 aliphatic heterocycles. The van der Waals surface area contributed by atoms with Crippen LogP contribution in [-0.2, 0) is 4.79 Å². The van der Waals surface area contributed by atoms with Crippen molar-refractivity contribution in [3.05, 3.63) is 24.3 Å². The molecule has 1 aliphatic rings. The number of anilines is 2. The van der Waals surface area contributed by atoms with Gasteiger partial charge >= 0.3 is 0 Å². The highest BCUT2D eigenvalue weighted by atomic mass is 16.3. The van der Waals surface area contributed by atoms with E-state index in [1.165, 1.54) is 5.01 Å². The van der Waals surface area contributed by atoms with Gasteiger partial charge in [0.2, 0.25) is 0 Å². The first kappa shape index (κ1) is 12.6. The van der Waals surface area contributed by atoms with Crippen molar-refractivity contribution in [2.24, 2.45) is 11.0 Å². The topological polar surface area (TPSA) is 64.9 Å². The van der Waals surface area contributed by atoms with Crippen LogP contribution in [0.4, 0.5) is 11.4 Å². The van der Waals surface area contributed by atoms with Gasteiger partial charge < -0.3 is 10.4 Å². The number of carbonyl (C=O) groups is 1. The maximum absolute atomic E-state index is 12.1. The van der Waals surface area contributed by atoms with Crippen LogP contribution in [0.25, 0.3) is 0 Å². The zero-order valence-electron chi connectivity index (χ0n) is 10.6. The number of amides is 1. The van der Waals surface area contributed by atoms with Crippen molar-refractivity contribution in [1.82, 2.24) is 0 Å². The first-order valence-corrected chi connectivity index (χ1v) is 5.95. The third-order valence-electron chi connectivity index (χ3n) is 3.09. The lowest BCUT2D eigenvalue weighted by Crippen LogP contribution is -2.27. The normalized spacial score (nSPS) is 19.1. The molecule has 18 heavy (non-hydrogen) atoms. The van der Waals surface area contributed by atoms with E-state index in [2.05, 4.69) is 10.4 Å². The lowest BCUT2D eigenvalue weighted by Gasteiger charge is -2.14. The smallest absolute Gasteiger partial charge is 0.256 e. The molecule has 0 spiro atoms. The van der Waals surface area contributed by atoms with Gasteiger partial charge in [0, 0.05) is 25.1 Å². The summed E-state index contributed by atoms with van der Waals surface area (Å²) in [7, 11) is 1.84. The molecule has 0 aliphatic carbocycles. The highest BCUT2D eigenvalue weighted by Gasteiger charge is 2.33. The van der Waals surface area contributed by atoms with E-state index in [0.717, 1.165) is 17.1 Å². The summed E-state index contributed by atoms with van der Waals surface area (Å²) < 4.78 is 0. The number of hydrazone groups is 1. The largest absolute Gasteiger partial charge is 0.396 e. The highest BCUT2D eigenvalue weighted by Crippen LogP contribution is 2.26. The van der Waals surface area contributed by atoms with Crippen LogP contribution in [0.5, 0.6) is 0 Å². The Hall–Kier alpha value is -1.88. The molecule has 1 aromatic carbocycles. The van der Waals surface area contributed by atoms with Gasteiger partial charge in [-0.05, 0) is 37.6 Å². The van der Waals surface area contributed by atoms with Gasteiger partial charge in [0.05, 0.1) is 11.6 Å². The van der Waals surface area contributed by atoms with Crippen molar-refractivity contribution in [2.45, 2.75) is 13.3 Å². The Labute approximate surface area is 106 Å². The molecule has 0 saturated heterocycles. The summed E-state index contributed by atoms with van der Waals surface area (Å²) in [5.74, 6) is -0.363. The van der Waals surface area contributed by atoms with E-state index < -0.39 is 0 Å². The summed E-state index contributed by atoms with van der Waals surface area (Å²) in [6.07, 6.45) is 0.430. The highest BCUT2D eigenvalue weighted by molar-refractivity contribution is 6.14. The molecule has 0 bridgehead atoms. The van der Waals surface area contributed by atoms with E-state index >= 15 is 0 Å². The molecule has 1 heterocycles. The molecular formula is C13H17N3O2. The monoisotopic (exact) mass is 247 g/mol. The van der Waals surface area contributed by atoms with E-state index in [1.807, 2.05) is 38.2 Å². The number of rotatable bonds is 4. The van der Waals surface area contributed by atoms with Crippen LogP contribution in [0.3, 0.4) is 0 Å². The predicted molar refractivity (Wildman–Crippen MR) is 71.8 cm³/mol. The number of nitrogens with one attached hydrogen (secondary N) is 1. The van der Waals surface area contributed by atoms with Crippen molar-refractivity contribution in [2.75, 3.05) is 24.0 Å². The summed E-state index contributed by atoms with van der Waals surface area (Å²) in [5, 5.41) is 17.7. The number of aliphatic hydroxyl groups is 1. The zero-order chi connectivity index (χ0) is 13.1. The van der Waals surface area contributed by atoms with Gasteiger partial charge in [-0.3, -0.25) is 4.79 Å². The standard InChI is InChI=1S/C13H17N3O2/c1-9-12(7-8-17)13(18)16(15-9)11-5-3-10(14-2)4-6-11/h3-6,12,14,17H,7-8H2,1-2H3. The van der Waals surface area contributed by atoms with Gasteiger partial charge in [-0.1, -0.05) is 0 Å². The number of hydrogen-bond donors (Lipinski definition) is 2. The van der Waals surface area contributed by atoms with Crippen LogP contribution < -0.4 is 10.3 Å². The molecule has 96 valence electrons. The van der Waals surface area contributed by atoms with Crippen molar-refractivity contribution in [3.63, 3.8) is 0 Å². The minimum atomic E-state index is -0.293. The summed E-state index contributed by atoms with van der Waals surface area (Å²) in [4.78, 5) is 12.1. The molecule has 0 aromatic heterocycles. The van der Waals surface area contributed by atoms with E-state index in [-0.39, 0.29) is 18.4 Å². The number of benzene rings is 1. The predicted octanol–water partition coefficient (Wildman–Crippen LogP) is 1.45. The molecule has 1 amide bonds. The third kappa shape index (κ3) is 2.22. The summed E-state index contributed by atoms with van der Waals surface area (Å²) >= 11 is 0. The van der Waals surface area contributed by atoms with Crippen molar-refractivity contribution < 1.29 is 9.90 Å². The second kappa shape index (κ2) is 5.18. The number of aliphatic hydroxyl groups excluding tert-OH is 1. The van der Waals surface area contributed by atoms with Crippen LogP contribution in [0.15, 0.2) is 29.4 Å². The van der Waals surface area contributed by atoms with Crippen molar-refractivity contribution in [3.8, 4) is 0 Å². The molecule has 5 heteroatoms. The number of hydrogen-bond acceptors (Lipinski definition) is 4. The Morgan fingerprint density at radius 1 is 1.39 bits per heavy atom. The minimum absolute atomic E-state index is 0.00417. The minimum Gasteiger partial charge on any atom is -0.396 e. The average Bonchev–Trinajstić information content (AvgIpc) is 2.67. The second-order valence-electron chi connectivity index (χ2n) is 4.25. The van der Waals surface area contributed by atoms with Crippen LogP contribution in [0.1, 0.15) is 13.3 Å². The fourth-order valence-electron chi connectivity index (χ4n) is 2.02. The van der Waals surface area contributed by atoms with Gasteiger partial charge in [-0.25, -0.2) is 5.01 Å². The molecule has 5 nitrogen and oxygen atoms in total. The average molecular weight is 247 g/mol. The summed E-state index contributed by atoms with van der Waals surface area (Å²) in [6, 6.07) is 7.49. The van der Waals surface area contributed by atoms with Crippen molar-refractivity contribution in [1.29, 1.82) is 0 Å². The molecule has 1 atom stereocenters. The lowest BCUT2D eigenvalue weighted by molar-refractivity contribution is -0.120. The molecule has 0 radical (unpaired) electrons. The van der Waals surface area contributed by atoms with Gasteiger partial charge in [0.15, 0.2) is 0 Å². The molecule has 0 fully saturated rings. The van der Waals surface area contributed by atoms with Gasteiger partial charge in [-0.2, -0.15) is 5.10 Å². The first-order chi connectivity index (χ1) is 8.67. The molecule has 2 N–H and O–H groups in total. The molecule has 0 saturated carbocycles. The van der Waals surface area contributed by atoms with Crippen LogP contribution >= 0.6 is 0 Å². The third-order valence-corrected chi connectivity index (χ3v) is 3.09. The fourth-order valence-corrected chi connectivity index (χ4v) is 2.02. The first-order valence-electron chi connectivity index (χ1n) is 5.95. The van der Waals surface area contributed by atoms with E-state index in [0.29, 0.717) is 6.42 Å². The summed E-state index contributed by atoms with van der Waals surface area (Å²) in [6.45, 7) is 1.82. The maximum atomic E-state index is 12.1. The van der Waals surface area contributed by atoms with Gasteiger partial charge in [-0.15, -0.1) is 0 Å². The molecule has 1 aromatic rings. The maximum Gasteiger partial charge on any atom is 0.256 e. The van der Waals surface area contributed by atoms with Crippen molar-refractivity contribution >= 4 is 23.0 Å². The fraction of sp³-hybridized carbons (Fsp3) is 0.385. The Morgan fingerprint density at radius 2 is 2.06 bits per heavy atom. The molecule has 1 unspecified atom stereocenters. The van der Waals surface area contributed by atoms with E-state index in [1.54, 1.807) is 0 Å². The van der Waals surface area contributed by atoms with Crippen LogP contribution in [-0.4, -0.2) is 30.4 Å². The lowest BCUT2D eigenvalue weighted by atomic mass is 10.0.